The zero-order valence-electron chi connectivity index (χ0n) is 22.2. The number of nitrogens with zero attached hydrogens (tertiary/aromatic N) is 3. The summed E-state index contributed by atoms with van der Waals surface area (Å²) < 4.78 is 26.8. The Labute approximate surface area is 231 Å². The van der Waals surface area contributed by atoms with Crippen molar-refractivity contribution in [2.75, 3.05) is 24.4 Å². The first kappa shape index (κ1) is 26.9. The number of carbonyl (C=O) groups is 1. The van der Waals surface area contributed by atoms with Crippen LogP contribution in [0.5, 0.6) is 11.5 Å². The van der Waals surface area contributed by atoms with Gasteiger partial charge in [-0.15, -0.1) is 0 Å². The molecule has 0 spiro atoms. The number of halogens is 1. The Morgan fingerprint density at radius 2 is 1.88 bits per heavy atom. The van der Waals surface area contributed by atoms with Crippen LogP contribution in [0, 0.1) is 5.82 Å². The minimum atomic E-state index is -0.649. The fourth-order valence-electron chi connectivity index (χ4n) is 4.58. The molecule has 1 amide bonds. The molecule has 0 saturated carbocycles. The van der Waals surface area contributed by atoms with Crippen LogP contribution in [0.3, 0.4) is 0 Å². The molecule has 40 heavy (non-hydrogen) atoms. The number of hydrogen-bond donors (Lipinski definition) is 3. The second kappa shape index (κ2) is 12.0. The summed E-state index contributed by atoms with van der Waals surface area (Å²) in [6.07, 6.45) is 0.996. The van der Waals surface area contributed by atoms with Crippen molar-refractivity contribution >= 4 is 17.5 Å². The molecular weight excluding hydrogens is 513 g/mol. The number of carbonyl (C=O) groups excluding carboxylic acids is 1. The van der Waals surface area contributed by atoms with Crippen LogP contribution in [-0.4, -0.2) is 39.5 Å². The Morgan fingerprint density at radius 1 is 1.10 bits per heavy atom. The van der Waals surface area contributed by atoms with E-state index in [0.717, 1.165) is 11.1 Å². The number of benzene rings is 3. The van der Waals surface area contributed by atoms with Crippen molar-refractivity contribution in [3.8, 4) is 11.5 Å². The zero-order chi connectivity index (χ0) is 28.1. The van der Waals surface area contributed by atoms with Gasteiger partial charge in [0.1, 0.15) is 18.5 Å². The highest BCUT2D eigenvalue weighted by molar-refractivity contribution is 6.06. The predicted molar refractivity (Wildman–Crippen MR) is 149 cm³/mol. The van der Waals surface area contributed by atoms with Gasteiger partial charge in [0.25, 0.3) is 5.91 Å². The number of rotatable bonds is 10. The molecule has 4 aromatic rings. The van der Waals surface area contributed by atoms with E-state index in [2.05, 4.69) is 20.7 Å². The van der Waals surface area contributed by atoms with Crippen LogP contribution >= 0.6 is 0 Å². The number of aromatic nitrogens is 3. The predicted octanol–water partition coefficient (Wildman–Crippen LogP) is 4.86. The van der Waals surface area contributed by atoms with Crippen molar-refractivity contribution in [1.82, 2.24) is 14.8 Å². The highest BCUT2D eigenvalue weighted by Crippen LogP contribution is 2.39. The van der Waals surface area contributed by atoms with Crippen LogP contribution in [-0.2, 0) is 17.8 Å². The Hall–Kier alpha value is -4.70. The summed E-state index contributed by atoms with van der Waals surface area (Å²) in [5.41, 5.74) is 3.22. The molecule has 1 atom stereocenters. The van der Waals surface area contributed by atoms with Crippen LogP contribution in [0.1, 0.15) is 36.3 Å². The van der Waals surface area contributed by atoms with Gasteiger partial charge in [0.15, 0.2) is 17.3 Å². The highest BCUT2D eigenvalue weighted by atomic mass is 19.1. The molecule has 206 valence electrons. The molecule has 1 aliphatic heterocycles. The molecule has 0 fully saturated rings. The van der Waals surface area contributed by atoms with Crippen molar-refractivity contribution in [1.29, 1.82) is 0 Å². The minimum absolute atomic E-state index is 0.0188. The van der Waals surface area contributed by atoms with E-state index in [1.807, 2.05) is 48.5 Å². The normalized spacial score (nSPS) is 14.3. The van der Waals surface area contributed by atoms with Crippen LogP contribution < -0.4 is 20.1 Å². The summed E-state index contributed by atoms with van der Waals surface area (Å²) in [6.45, 7) is 2.19. The molecule has 1 unspecified atom stereocenters. The molecule has 0 radical (unpaired) electrons. The minimum Gasteiger partial charge on any atom is -0.493 e. The number of ether oxygens (including phenoxy) is 2. The molecule has 9 nitrogen and oxygen atoms in total. The first-order valence-corrected chi connectivity index (χ1v) is 12.9. The summed E-state index contributed by atoms with van der Waals surface area (Å²) >= 11 is 0. The second-order valence-corrected chi connectivity index (χ2v) is 9.34. The topological polar surface area (TPSA) is 111 Å². The number of hydrogen-bond acceptors (Lipinski definition) is 7. The number of nitrogens with one attached hydrogen (secondary N) is 2. The average molecular weight is 544 g/mol. The quantitative estimate of drug-likeness (QED) is 0.262. The number of allylic oxidation sites excluding steroid dienone is 1. The number of aliphatic hydroxyl groups excluding tert-OH is 1. The van der Waals surface area contributed by atoms with E-state index in [4.69, 9.17) is 9.47 Å². The molecule has 0 aliphatic carbocycles. The molecule has 3 N–H and O–H groups in total. The summed E-state index contributed by atoms with van der Waals surface area (Å²) in [5.74, 6) is 1.33. The first-order valence-electron chi connectivity index (χ1n) is 12.9. The van der Waals surface area contributed by atoms with Crippen LogP contribution in [0.15, 0.2) is 84.1 Å². The Bertz CT molecular complexity index is 1520. The van der Waals surface area contributed by atoms with Crippen molar-refractivity contribution in [3.63, 3.8) is 0 Å². The smallest absolute Gasteiger partial charge is 0.255 e. The summed E-state index contributed by atoms with van der Waals surface area (Å²) in [5, 5.41) is 20.0. The van der Waals surface area contributed by atoms with E-state index in [1.54, 1.807) is 18.7 Å². The van der Waals surface area contributed by atoms with Gasteiger partial charge in [0.05, 0.1) is 12.7 Å². The van der Waals surface area contributed by atoms with Gasteiger partial charge in [-0.25, -0.2) is 9.07 Å². The van der Waals surface area contributed by atoms with Crippen molar-refractivity contribution in [2.24, 2.45) is 0 Å². The maximum Gasteiger partial charge on any atom is 0.255 e. The lowest BCUT2D eigenvalue weighted by Crippen LogP contribution is -2.31. The van der Waals surface area contributed by atoms with E-state index < -0.39 is 11.9 Å². The van der Waals surface area contributed by atoms with Gasteiger partial charge in [-0.1, -0.05) is 36.4 Å². The van der Waals surface area contributed by atoms with Gasteiger partial charge in [0.2, 0.25) is 5.95 Å². The molecule has 0 bridgehead atoms. The van der Waals surface area contributed by atoms with Crippen LogP contribution in [0.2, 0.25) is 0 Å². The Morgan fingerprint density at radius 3 is 2.60 bits per heavy atom. The van der Waals surface area contributed by atoms with Gasteiger partial charge in [-0.2, -0.15) is 10.1 Å². The van der Waals surface area contributed by atoms with Crippen molar-refractivity contribution < 1.29 is 23.8 Å². The summed E-state index contributed by atoms with van der Waals surface area (Å²) in [4.78, 5) is 18.3. The molecule has 10 heteroatoms. The average Bonchev–Trinajstić information content (AvgIpc) is 3.38. The number of amides is 1. The second-order valence-electron chi connectivity index (χ2n) is 9.34. The maximum atomic E-state index is 13.7. The molecule has 0 saturated heterocycles. The first-order chi connectivity index (χ1) is 19.5. The molecule has 3 aromatic carbocycles. The third kappa shape index (κ3) is 5.81. The lowest BCUT2D eigenvalue weighted by Gasteiger charge is -2.29. The zero-order valence-corrected chi connectivity index (χ0v) is 22.2. The third-order valence-corrected chi connectivity index (χ3v) is 6.54. The number of anilines is 2. The lowest BCUT2D eigenvalue weighted by atomic mass is 9.94. The van der Waals surface area contributed by atoms with Gasteiger partial charge >= 0.3 is 0 Å². The van der Waals surface area contributed by atoms with Gasteiger partial charge in [-0.3, -0.25) is 4.79 Å². The Kier molecular flexibility index (Phi) is 8.07. The molecule has 5 rings (SSSR count). The monoisotopic (exact) mass is 543 g/mol. The summed E-state index contributed by atoms with van der Waals surface area (Å²) in [7, 11) is 1.56. The van der Waals surface area contributed by atoms with Crippen LogP contribution in [0.25, 0.3) is 0 Å². The number of aliphatic hydroxyl groups is 1. The molecule has 1 aromatic heterocycles. The van der Waals surface area contributed by atoms with Crippen LogP contribution in [0.4, 0.5) is 16.0 Å². The molecule has 1 aliphatic rings. The van der Waals surface area contributed by atoms with E-state index in [-0.39, 0.29) is 12.5 Å². The maximum absolute atomic E-state index is 13.7. The number of aryl methyl sites for hydroxylation is 1. The van der Waals surface area contributed by atoms with E-state index in [9.17, 15) is 14.3 Å². The fraction of sp³-hybridized carbons (Fsp3) is 0.233. The molecular formula is C30H30FN5O4. The number of fused-ring (bicyclic) bond motifs is 1. The van der Waals surface area contributed by atoms with E-state index in [1.165, 1.54) is 24.3 Å². The SMILES string of the molecule is COc1cc(C2C(C(=O)Nc3ccc(F)cc3)=C(C)Nc3nc(CCCO)nn32)ccc1OCc1ccccc1. The van der Waals surface area contributed by atoms with Gasteiger partial charge in [-0.05, 0) is 60.9 Å². The van der Waals surface area contributed by atoms with Crippen molar-refractivity contribution in [3.05, 3.63) is 107 Å². The Balaban J connectivity index is 1.51. The van der Waals surface area contributed by atoms with E-state index in [0.29, 0.717) is 59.7 Å². The lowest BCUT2D eigenvalue weighted by molar-refractivity contribution is -0.113. The van der Waals surface area contributed by atoms with E-state index >= 15 is 0 Å². The fourth-order valence-corrected chi connectivity index (χ4v) is 4.58. The highest BCUT2D eigenvalue weighted by Gasteiger charge is 2.35. The van der Waals surface area contributed by atoms with Crippen molar-refractivity contribution in [2.45, 2.75) is 32.4 Å². The number of methoxy groups -OCH3 is 1. The largest absolute Gasteiger partial charge is 0.493 e. The third-order valence-electron chi connectivity index (χ3n) is 6.54. The standard InChI is InChI=1S/C30H30FN5O4/c1-19-27(29(38)33-23-13-11-22(31)12-14-23)28(36-30(32-19)34-26(35-36)9-6-16-37)21-10-15-24(25(17-21)39-2)40-18-20-7-4-3-5-8-20/h3-5,7-8,10-15,17,28,37H,6,9,16,18H2,1-2H3,(H,33,38)(H,32,34,35). The molecule has 2 heterocycles. The van der Waals surface area contributed by atoms with Gasteiger partial charge < -0.3 is 25.2 Å². The van der Waals surface area contributed by atoms with Gasteiger partial charge in [0, 0.05) is 24.4 Å². The summed E-state index contributed by atoms with van der Waals surface area (Å²) in [6, 6.07) is 20.3.